The molecule has 1 saturated carbocycles. The molecule has 0 aliphatic heterocycles. The van der Waals surface area contributed by atoms with Crippen LogP contribution in [0.1, 0.15) is 52.9 Å². The quantitative estimate of drug-likeness (QED) is 0.777. The summed E-state index contributed by atoms with van der Waals surface area (Å²) < 4.78 is 0. The number of hydrogen-bond acceptors (Lipinski definition) is 2. The van der Waals surface area contributed by atoms with Crippen molar-refractivity contribution in [3.63, 3.8) is 0 Å². The average Bonchev–Trinajstić information content (AvgIpc) is 2.17. The number of rotatable bonds is 4. The lowest BCUT2D eigenvalue weighted by Crippen LogP contribution is -2.47. The molecule has 0 bridgehead atoms. The fourth-order valence-corrected chi connectivity index (χ4v) is 3.03. The molecule has 1 unspecified atom stereocenters. The second-order valence-corrected chi connectivity index (χ2v) is 5.52. The SMILES string of the molecule is CCC1CCC(O)(C(C(=O)O)C(C)C)CC1. The van der Waals surface area contributed by atoms with Crippen molar-refractivity contribution in [3.05, 3.63) is 0 Å². The predicted octanol–water partition coefficient (Wildman–Crippen LogP) is 2.67. The highest BCUT2D eigenvalue weighted by molar-refractivity contribution is 5.71. The summed E-state index contributed by atoms with van der Waals surface area (Å²) in [5.74, 6) is -0.819. The Morgan fingerprint density at radius 2 is 1.88 bits per heavy atom. The zero-order valence-corrected chi connectivity index (χ0v) is 10.6. The maximum atomic E-state index is 11.2. The van der Waals surface area contributed by atoms with Crippen LogP contribution in [0.4, 0.5) is 0 Å². The molecule has 0 spiro atoms. The van der Waals surface area contributed by atoms with E-state index >= 15 is 0 Å². The molecule has 0 aromatic heterocycles. The monoisotopic (exact) mass is 228 g/mol. The standard InChI is InChI=1S/C13H24O3/c1-4-10-5-7-13(16,8-6-10)11(9(2)3)12(14)15/h9-11,16H,4-8H2,1-3H3,(H,14,15). The number of carboxylic acid groups (broad SMARTS) is 1. The van der Waals surface area contributed by atoms with Crippen LogP contribution in [0.25, 0.3) is 0 Å². The maximum absolute atomic E-state index is 11.2. The van der Waals surface area contributed by atoms with Gasteiger partial charge >= 0.3 is 5.97 Å². The van der Waals surface area contributed by atoms with Crippen LogP contribution >= 0.6 is 0 Å². The van der Waals surface area contributed by atoms with Gasteiger partial charge in [0, 0.05) is 0 Å². The van der Waals surface area contributed by atoms with Crippen LogP contribution in [0.3, 0.4) is 0 Å². The van der Waals surface area contributed by atoms with Crippen LogP contribution in [0.5, 0.6) is 0 Å². The van der Waals surface area contributed by atoms with Gasteiger partial charge < -0.3 is 10.2 Å². The molecular formula is C13H24O3. The Balaban J connectivity index is 2.73. The third kappa shape index (κ3) is 2.76. The third-order valence-corrected chi connectivity index (χ3v) is 4.06. The van der Waals surface area contributed by atoms with Crippen molar-refractivity contribution in [2.24, 2.45) is 17.8 Å². The van der Waals surface area contributed by atoms with Crippen molar-refractivity contribution in [1.82, 2.24) is 0 Å². The third-order valence-electron chi connectivity index (χ3n) is 4.06. The van der Waals surface area contributed by atoms with Crippen molar-refractivity contribution in [2.45, 2.75) is 58.5 Å². The van der Waals surface area contributed by atoms with Crippen molar-refractivity contribution in [2.75, 3.05) is 0 Å². The fourth-order valence-electron chi connectivity index (χ4n) is 3.03. The van der Waals surface area contributed by atoms with Crippen LogP contribution in [-0.2, 0) is 4.79 Å². The van der Waals surface area contributed by atoms with Gasteiger partial charge in [-0.3, -0.25) is 4.79 Å². The van der Waals surface area contributed by atoms with E-state index in [1.807, 2.05) is 13.8 Å². The zero-order valence-electron chi connectivity index (χ0n) is 10.6. The Morgan fingerprint density at radius 1 is 1.38 bits per heavy atom. The average molecular weight is 228 g/mol. The Labute approximate surface area is 97.9 Å². The largest absolute Gasteiger partial charge is 0.481 e. The summed E-state index contributed by atoms with van der Waals surface area (Å²) in [4.78, 5) is 11.2. The Kier molecular flexibility index (Phi) is 4.36. The highest BCUT2D eigenvalue weighted by Crippen LogP contribution is 2.41. The first-order valence-electron chi connectivity index (χ1n) is 6.36. The van der Waals surface area contributed by atoms with E-state index in [1.54, 1.807) is 0 Å². The minimum atomic E-state index is -0.980. The number of carbonyl (C=O) groups is 1. The van der Waals surface area contributed by atoms with Gasteiger partial charge in [-0.1, -0.05) is 27.2 Å². The summed E-state index contributed by atoms with van der Waals surface area (Å²) in [5.41, 5.74) is -0.980. The number of aliphatic carboxylic acids is 1. The number of aliphatic hydroxyl groups is 1. The van der Waals surface area contributed by atoms with E-state index in [-0.39, 0.29) is 5.92 Å². The van der Waals surface area contributed by atoms with Crippen molar-refractivity contribution < 1.29 is 15.0 Å². The lowest BCUT2D eigenvalue weighted by atomic mass is 9.68. The van der Waals surface area contributed by atoms with E-state index in [9.17, 15) is 15.0 Å². The van der Waals surface area contributed by atoms with E-state index in [2.05, 4.69) is 6.92 Å². The van der Waals surface area contributed by atoms with Crippen molar-refractivity contribution >= 4 is 5.97 Å². The van der Waals surface area contributed by atoms with E-state index in [1.165, 1.54) is 0 Å². The lowest BCUT2D eigenvalue weighted by molar-refractivity contribution is -0.159. The van der Waals surface area contributed by atoms with E-state index in [0.29, 0.717) is 18.8 Å². The van der Waals surface area contributed by atoms with Gasteiger partial charge in [-0.05, 0) is 37.5 Å². The molecule has 3 nitrogen and oxygen atoms in total. The summed E-state index contributed by atoms with van der Waals surface area (Å²) >= 11 is 0. The summed E-state index contributed by atoms with van der Waals surface area (Å²) in [6.45, 7) is 5.91. The molecule has 0 aromatic carbocycles. The van der Waals surface area contributed by atoms with Gasteiger partial charge in [0.15, 0.2) is 0 Å². The minimum absolute atomic E-state index is 0.0133. The molecule has 2 N–H and O–H groups in total. The molecule has 1 aliphatic rings. The molecule has 0 aromatic rings. The fraction of sp³-hybridized carbons (Fsp3) is 0.923. The summed E-state index contributed by atoms with van der Waals surface area (Å²) in [6.07, 6.45) is 4.34. The Bertz CT molecular complexity index is 240. The highest BCUT2D eigenvalue weighted by atomic mass is 16.4. The topological polar surface area (TPSA) is 57.5 Å². The predicted molar refractivity (Wildman–Crippen MR) is 63.2 cm³/mol. The van der Waals surface area contributed by atoms with Crippen LogP contribution in [-0.4, -0.2) is 21.8 Å². The summed E-state index contributed by atoms with van der Waals surface area (Å²) in [7, 11) is 0. The molecule has 1 aliphatic carbocycles. The van der Waals surface area contributed by atoms with Gasteiger partial charge in [0.1, 0.15) is 0 Å². The lowest BCUT2D eigenvalue weighted by Gasteiger charge is -2.41. The number of hydrogen-bond donors (Lipinski definition) is 2. The van der Waals surface area contributed by atoms with Gasteiger partial charge in [-0.25, -0.2) is 0 Å². The molecule has 1 rings (SSSR count). The second-order valence-electron chi connectivity index (χ2n) is 5.52. The van der Waals surface area contributed by atoms with Crippen molar-refractivity contribution in [3.8, 4) is 0 Å². The normalized spacial score (nSPS) is 32.7. The molecule has 16 heavy (non-hydrogen) atoms. The van der Waals surface area contributed by atoms with Gasteiger partial charge in [-0.15, -0.1) is 0 Å². The first kappa shape index (κ1) is 13.5. The van der Waals surface area contributed by atoms with Gasteiger partial charge in [0.05, 0.1) is 11.5 Å². The summed E-state index contributed by atoms with van der Waals surface area (Å²) in [6, 6.07) is 0. The van der Waals surface area contributed by atoms with Crippen LogP contribution in [0.15, 0.2) is 0 Å². The molecule has 0 radical (unpaired) electrons. The maximum Gasteiger partial charge on any atom is 0.309 e. The highest BCUT2D eigenvalue weighted by Gasteiger charge is 2.45. The molecular weight excluding hydrogens is 204 g/mol. The minimum Gasteiger partial charge on any atom is -0.481 e. The first-order valence-corrected chi connectivity index (χ1v) is 6.36. The number of carboxylic acids is 1. The summed E-state index contributed by atoms with van der Waals surface area (Å²) in [5, 5.41) is 19.7. The van der Waals surface area contributed by atoms with Gasteiger partial charge in [-0.2, -0.15) is 0 Å². The molecule has 1 fully saturated rings. The first-order chi connectivity index (χ1) is 7.40. The molecule has 3 heteroatoms. The Hall–Kier alpha value is -0.570. The van der Waals surface area contributed by atoms with E-state index in [0.717, 1.165) is 19.3 Å². The molecule has 0 saturated heterocycles. The van der Waals surface area contributed by atoms with Crippen LogP contribution in [0, 0.1) is 17.8 Å². The van der Waals surface area contributed by atoms with Gasteiger partial charge in [0.2, 0.25) is 0 Å². The zero-order chi connectivity index (χ0) is 12.3. The van der Waals surface area contributed by atoms with Gasteiger partial charge in [0.25, 0.3) is 0 Å². The second kappa shape index (κ2) is 5.17. The van der Waals surface area contributed by atoms with Crippen LogP contribution in [0.2, 0.25) is 0 Å². The van der Waals surface area contributed by atoms with Crippen molar-refractivity contribution in [1.29, 1.82) is 0 Å². The molecule has 0 amide bonds. The van der Waals surface area contributed by atoms with E-state index < -0.39 is 17.5 Å². The molecule has 94 valence electrons. The van der Waals surface area contributed by atoms with Crippen LogP contribution < -0.4 is 0 Å². The smallest absolute Gasteiger partial charge is 0.309 e. The molecule has 0 heterocycles. The Morgan fingerprint density at radius 3 is 2.19 bits per heavy atom. The van der Waals surface area contributed by atoms with E-state index in [4.69, 9.17) is 0 Å². The molecule has 1 atom stereocenters.